The zero-order valence-electron chi connectivity index (χ0n) is 10.5. The molecule has 0 spiro atoms. The summed E-state index contributed by atoms with van der Waals surface area (Å²) in [6.07, 6.45) is 0.839. The smallest absolute Gasteiger partial charge is 0.404 e. The summed E-state index contributed by atoms with van der Waals surface area (Å²) in [6, 6.07) is 8.36. The molecule has 1 aromatic carbocycles. The highest BCUT2D eigenvalue weighted by atomic mass is 16.4. The maximum absolute atomic E-state index is 11.7. The van der Waals surface area contributed by atoms with E-state index < -0.39 is 17.3 Å². The van der Waals surface area contributed by atoms with Crippen molar-refractivity contribution in [3.63, 3.8) is 0 Å². The van der Waals surface area contributed by atoms with Crippen LogP contribution in [0.15, 0.2) is 46.1 Å². The Bertz CT molecular complexity index is 733. The lowest BCUT2D eigenvalue weighted by Gasteiger charge is -2.07. The molecule has 0 saturated carbocycles. The van der Waals surface area contributed by atoms with Crippen LogP contribution in [0.2, 0.25) is 0 Å². The Hall–Kier alpha value is -2.83. The van der Waals surface area contributed by atoms with Crippen LogP contribution in [-0.2, 0) is 6.42 Å². The number of benzene rings is 1. The van der Waals surface area contributed by atoms with Gasteiger partial charge in [-0.2, -0.15) is 0 Å². The number of carbonyl (C=O) groups is 1. The molecule has 20 heavy (non-hydrogen) atoms. The van der Waals surface area contributed by atoms with Crippen molar-refractivity contribution in [2.45, 2.75) is 6.42 Å². The van der Waals surface area contributed by atoms with Gasteiger partial charge in [0.2, 0.25) is 0 Å². The lowest BCUT2D eigenvalue weighted by Crippen LogP contribution is -2.27. The minimum absolute atomic E-state index is 0.291. The molecule has 1 heterocycles. The van der Waals surface area contributed by atoms with Crippen molar-refractivity contribution >= 4 is 6.09 Å². The number of aromatic nitrogens is 2. The molecule has 0 aliphatic rings. The Balaban J connectivity index is 2.23. The van der Waals surface area contributed by atoms with Gasteiger partial charge in [-0.3, -0.25) is 14.3 Å². The van der Waals surface area contributed by atoms with E-state index in [2.05, 4.69) is 10.3 Å². The van der Waals surface area contributed by atoms with Gasteiger partial charge in [0, 0.05) is 18.8 Å². The average molecular weight is 275 g/mol. The zero-order chi connectivity index (χ0) is 14.5. The third-order valence-corrected chi connectivity index (χ3v) is 2.70. The Kier molecular flexibility index (Phi) is 3.99. The number of nitrogens with zero attached hydrogens (tertiary/aromatic N) is 1. The van der Waals surface area contributed by atoms with Gasteiger partial charge >= 0.3 is 11.8 Å². The van der Waals surface area contributed by atoms with E-state index in [4.69, 9.17) is 5.11 Å². The second-order valence-electron chi connectivity index (χ2n) is 4.13. The Morgan fingerprint density at radius 3 is 2.80 bits per heavy atom. The van der Waals surface area contributed by atoms with Crippen molar-refractivity contribution in [3.05, 3.63) is 62.9 Å². The maximum atomic E-state index is 11.7. The number of H-pyrrole nitrogens is 1. The number of rotatable bonds is 4. The molecule has 0 unspecified atom stereocenters. The van der Waals surface area contributed by atoms with E-state index in [9.17, 15) is 14.4 Å². The van der Waals surface area contributed by atoms with E-state index in [1.165, 1.54) is 16.8 Å². The second-order valence-corrected chi connectivity index (χ2v) is 4.13. The molecule has 0 saturated heterocycles. The number of hydrogen-bond donors (Lipinski definition) is 3. The topological polar surface area (TPSA) is 104 Å². The molecule has 0 radical (unpaired) electrons. The lowest BCUT2D eigenvalue weighted by molar-refractivity contribution is 0.194. The fourth-order valence-corrected chi connectivity index (χ4v) is 1.80. The summed E-state index contributed by atoms with van der Waals surface area (Å²) in [4.78, 5) is 35.2. The average Bonchev–Trinajstić information content (AvgIpc) is 2.38. The summed E-state index contributed by atoms with van der Waals surface area (Å²) in [6.45, 7) is 0.291. The number of carboxylic acid groups (broad SMARTS) is 1. The van der Waals surface area contributed by atoms with E-state index in [1.807, 2.05) is 6.07 Å². The van der Waals surface area contributed by atoms with Crippen LogP contribution in [0, 0.1) is 0 Å². The molecule has 1 amide bonds. The van der Waals surface area contributed by atoms with Crippen LogP contribution in [0.5, 0.6) is 0 Å². The predicted octanol–water partition coefficient (Wildman–Crippen LogP) is 0.336. The summed E-state index contributed by atoms with van der Waals surface area (Å²) in [5.41, 5.74) is 0.528. The van der Waals surface area contributed by atoms with Gasteiger partial charge in [-0.05, 0) is 24.1 Å². The number of amides is 1. The number of hydrogen-bond acceptors (Lipinski definition) is 3. The quantitative estimate of drug-likeness (QED) is 0.748. The molecule has 2 rings (SSSR count). The van der Waals surface area contributed by atoms with E-state index in [0.717, 1.165) is 5.56 Å². The van der Waals surface area contributed by atoms with Gasteiger partial charge in [0.25, 0.3) is 5.56 Å². The van der Waals surface area contributed by atoms with Crippen LogP contribution in [0.25, 0.3) is 5.69 Å². The van der Waals surface area contributed by atoms with Gasteiger partial charge in [-0.15, -0.1) is 0 Å². The first kappa shape index (κ1) is 13.6. The number of aromatic amines is 1. The third kappa shape index (κ3) is 3.35. The van der Waals surface area contributed by atoms with Crippen molar-refractivity contribution in [2.75, 3.05) is 6.54 Å². The Morgan fingerprint density at radius 1 is 1.30 bits per heavy atom. The first-order valence-electron chi connectivity index (χ1n) is 5.94. The van der Waals surface area contributed by atoms with Gasteiger partial charge in [-0.1, -0.05) is 12.1 Å². The molecular formula is C13H13N3O4. The van der Waals surface area contributed by atoms with E-state index in [1.54, 1.807) is 18.2 Å². The van der Waals surface area contributed by atoms with Crippen molar-refractivity contribution in [3.8, 4) is 5.69 Å². The molecule has 7 heteroatoms. The van der Waals surface area contributed by atoms with Crippen LogP contribution in [-0.4, -0.2) is 27.3 Å². The zero-order valence-corrected chi connectivity index (χ0v) is 10.5. The van der Waals surface area contributed by atoms with Gasteiger partial charge < -0.3 is 10.4 Å². The van der Waals surface area contributed by atoms with Gasteiger partial charge in [0.1, 0.15) is 0 Å². The second kappa shape index (κ2) is 5.87. The molecule has 0 bridgehead atoms. The summed E-state index contributed by atoms with van der Waals surface area (Å²) in [5, 5.41) is 10.8. The van der Waals surface area contributed by atoms with Crippen LogP contribution >= 0.6 is 0 Å². The van der Waals surface area contributed by atoms with Crippen molar-refractivity contribution in [1.82, 2.24) is 14.9 Å². The van der Waals surface area contributed by atoms with E-state index in [0.29, 0.717) is 18.7 Å². The predicted molar refractivity (Wildman–Crippen MR) is 72.4 cm³/mol. The fourth-order valence-electron chi connectivity index (χ4n) is 1.80. The molecule has 1 aromatic heterocycles. The minimum atomic E-state index is -1.07. The monoisotopic (exact) mass is 275 g/mol. The Morgan fingerprint density at radius 2 is 2.10 bits per heavy atom. The van der Waals surface area contributed by atoms with Gasteiger partial charge in [-0.25, -0.2) is 9.59 Å². The maximum Gasteiger partial charge on any atom is 0.404 e. The molecule has 0 fully saturated rings. The van der Waals surface area contributed by atoms with Crippen LogP contribution in [0.3, 0.4) is 0 Å². The van der Waals surface area contributed by atoms with Crippen LogP contribution in [0.1, 0.15) is 5.56 Å². The Labute approximate surface area is 113 Å². The molecule has 7 nitrogen and oxygen atoms in total. The minimum Gasteiger partial charge on any atom is -0.465 e. The first-order valence-corrected chi connectivity index (χ1v) is 5.94. The molecule has 2 aromatic rings. The fraction of sp³-hybridized carbons (Fsp3) is 0.154. The standard InChI is InChI=1S/C13H13N3O4/c17-11-5-7-16(12(18)15-11)10-3-1-2-9(8-10)4-6-14-13(19)20/h1-3,5,7-8,14H,4,6H2,(H,19,20)(H,15,17,18). The summed E-state index contributed by atoms with van der Waals surface area (Å²) < 4.78 is 1.32. The highest BCUT2D eigenvalue weighted by Gasteiger charge is 2.02. The van der Waals surface area contributed by atoms with Crippen LogP contribution in [0.4, 0.5) is 4.79 Å². The normalized spacial score (nSPS) is 10.2. The first-order chi connectivity index (χ1) is 9.56. The SMILES string of the molecule is O=C(O)NCCc1cccc(-n2ccc(=O)[nH]c2=O)c1. The summed E-state index contributed by atoms with van der Waals surface area (Å²) in [7, 11) is 0. The van der Waals surface area contributed by atoms with E-state index in [-0.39, 0.29) is 0 Å². The molecular weight excluding hydrogens is 262 g/mol. The van der Waals surface area contributed by atoms with Gasteiger partial charge in [0.15, 0.2) is 0 Å². The highest BCUT2D eigenvalue weighted by Crippen LogP contribution is 2.08. The van der Waals surface area contributed by atoms with Crippen LogP contribution < -0.4 is 16.6 Å². The molecule has 0 atom stereocenters. The van der Waals surface area contributed by atoms with E-state index >= 15 is 0 Å². The van der Waals surface area contributed by atoms with Crippen molar-refractivity contribution < 1.29 is 9.90 Å². The van der Waals surface area contributed by atoms with Crippen molar-refractivity contribution in [2.24, 2.45) is 0 Å². The van der Waals surface area contributed by atoms with Gasteiger partial charge in [0.05, 0.1) is 5.69 Å². The lowest BCUT2D eigenvalue weighted by atomic mass is 10.1. The molecule has 104 valence electrons. The molecule has 3 N–H and O–H groups in total. The molecule has 0 aliphatic carbocycles. The third-order valence-electron chi connectivity index (χ3n) is 2.70. The largest absolute Gasteiger partial charge is 0.465 e. The number of nitrogens with one attached hydrogen (secondary N) is 2. The molecule has 0 aliphatic heterocycles. The summed E-state index contributed by atoms with van der Waals surface area (Å²) in [5.74, 6) is 0. The van der Waals surface area contributed by atoms with Crippen molar-refractivity contribution in [1.29, 1.82) is 0 Å². The summed E-state index contributed by atoms with van der Waals surface area (Å²) >= 11 is 0. The highest BCUT2D eigenvalue weighted by molar-refractivity contribution is 5.64.